The first kappa shape index (κ1) is 16.3. The van der Waals surface area contributed by atoms with Crippen LogP contribution in [0, 0.1) is 0 Å². The van der Waals surface area contributed by atoms with Crippen LogP contribution in [0.3, 0.4) is 0 Å². The lowest BCUT2D eigenvalue weighted by molar-refractivity contribution is -0.118. The largest absolute Gasteiger partial charge is 0.507 e. The number of hydrogen-bond donors (Lipinski definition) is 4. The van der Waals surface area contributed by atoms with Crippen molar-refractivity contribution < 1.29 is 24.6 Å². The van der Waals surface area contributed by atoms with Crippen molar-refractivity contribution in [2.45, 2.75) is 19.9 Å². The molecule has 0 saturated carbocycles. The molecule has 21 heavy (non-hydrogen) atoms. The number of nitrogens with zero attached hydrogens (tertiary/aromatic N) is 1. The predicted molar refractivity (Wildman–Crippen MR) is 75.1 cm³/mol. The molecule has 8 nitrogen and oxygen atoms in total. The summed E-state index contributed by atoms with van der Waals surface area (Å²) in [5.74, 6) is -2.39. The van der Waals surface area contributed by atoms with Gasteiger partial charge in [0.25, 0.3) is 0 Å². The number of carboxylic acid groups (broad SMARTS) is 1. The molecule has 1 rings (SSSR count). The van der Waals surface area contributed by atoms with Crippen LogP contribution in [0.5, 0.6) is 5.75 Å². The molecule has 0 saturated heterocycles. The SMILES string of the molecule is CC(C)N(CC(N)=O)C(=O)Nc1ccc(C(=O)O)c(O)c1. The third kappa shape index (κ3) is 4.37. The van der Waals surface area contributed by atoms with Gasteiger partial charge in [-0.2, -0.15) is 0 Å². The second-order valence-corrected chi connectivity index (χ2v) is 4.66. The van der Waals surface area contributed by atoms with E-state index in [-0.39, 0.29) is 23.8 Å². The van der Waals surface area contributed by atoms with Gasteiger partial charge in [-0.25, -0.2) is 9.59 Å². The fraction of sp³-hybridized carbons (Fsp3) is 0.308. The Balaban J connectivity index is 2.89. The van der Waals surface area contributed by atoms with Gasteiger partial charge in [0, 0.05) is 17.8 Å². The summed E-state index contributed by atoms with van der Waals surface area (Å²) in [6.07, 6.45) is 0. The number of rotatable bonds is 5. The van der Waals surface area contributed by atoms with E-state index in [4.69, 9.17) is 10.8 Å². The van der Waals surface area contributed by atoms with E-state index in [2.05, 4.69) is 5.32 Å². The van der Waals surface area contributed by atoms with Crippen LogP contribution < -0.4 is 11.1 Å². The van der Waals surface area contributed by atoms with Crippen LogP contribution in [0.25, 0.3) is 0 Å². The average Bonchev–Trinajstić information content (AvgIpc) is 2.34. The second kappa shape index (κ2) is 6.60. The van der Waals surface area contributed by atoms with Gasteiger partial charge in [-0.1, -0.05) is 0 Å². The Morgan fingerprint density at radius 1 is 1.33 bits per heavy atom. The Kier molecular flexibility index (Phi) is 5.12. The first-order chi connectivity index (χ1) is 9.72. The summed E-state index contributed by atoms with van der Waals surface area (Å²) in [4.78, 5) is 34.9. The summed E-state index contributed by atoms with van der Waals surface area (Å²) in [5.41, 5.74) is 5.01. The Morgan fingerprint density at radius 3 is 2.38 bits per heavy atom. The third-order valence-electron chi connectivity index (χ3n) is 2.69. The zero-order valence-corrected chi connectivity index (χ0v) is 11.7. The molecule has 1 aromatic rings. The number of carboxylic acids is 1. The number of aromatic carboxylic acids is 1. The van der Waals surface area contributed by atoms with Crippen molar-refractivity contribution in [3.8, 4) is 5.75 Å². The maximum atomic E-state index is 12.0. The smallest absolute Gasteiger partial charge is 0.339 e. The number of carbonyl (C=O) groups is 3. The molecule has 0 aliphatic carbocycles. The molecule has 1 aromatic carbocycles. The molecule has 0 aromatic heterocycles. The number of amides is 3. The first-order valence-corrected chi connectivity index (χ1v) is 6.14. The van der Waals surface area contributed by atoms with Gasteiger partial charge in [0.15, 0.2) is 0 Å². The summed E-state index contributed by atoms with van der Waals surface area (Å²) in [6, 6.07) is 2.78. The van der Waals surface area contributed by atoms with Gasteiger partial charge in [-0.3, -0.25) is 4.79 Å². The molecule has 0 aliphatic heterocycles. The molecule has 0 bridgehead atoms. The standard InChI is InChI=1S/C13H17N3O5/c1-7(2)16(6-11(14)18)13(21)15-8-3-4-9(12(19)20)10(17)5-8/h3-5,7,17H,6H2,1-2H3,(H2,14,18)(H,15,21)(H,19,20). The number of aromatic hydroxyl groups is 1. The van der Waals surface area contributed by atoms with E-state index >= 15 is 0 Å². The van der Waals surface area contributed by atoms with Crippen LogP contribution in [-0.4, -0.2) is 45.6 Å². The molecule has 0 heterocycles. The molecular formula is C13H17N3O5. The second-order valence-electron chi connectivity index (χ2n) is 4.66. The van der Waals surface area contributed by atoms with Gasteiger partial charge in [-0.15, -0.1) is 0 Å². The number of carbonyl (C=O) groups excluding carboxylic acids is 2. The van der Waals surface area contributed by atoms with Crippen molar-refractivity contribution in [2.24, 2.45) is 5.73 Å². The molecule has 114 valence electrons. The summed E-state index contributed by atoms with van der Waals surface area (Å²) in [7, 11) is 0. The zero-order valence-electron chi connectivity index (χ0n) is 11.7. The van der Waals surface area contributed by atoms with E-state index < -0.39 is 23.7 Å². The highest BCUT2D eigenvalue weighted by atomic mass is 16.4. The number of nitrogens with two attached hydrogens (primary N) is 1. The topological polar surface area (TPSA) is 133 Å². The normalized spacial score (nSPS) is 10.2. The first-order valence-electron chi connectivity index (χ1n) is 6.14. The summed E-state index contributed by atoms with van der Waals surface area (Å²) in [6.45, 7) is 3.18. The monoisotopic (exact) mass is 295 g/mol. The molecular weight excluding hydrogens is 278 g/mol. The van der Waals surface area contributed by atoms with Crippen molar-refractivity contribution >= 4 is 23.6 Å². The zero-order chi connectivity index (χ0) is 16.2. The summed E-state index contributed by atoms with van der Waals surface area (Å²) in [5, 5.41) is 20.8. The molecule has 0 fully saturated rings. The van der Waals surface area contributed by atoms with E-state index in [0.717, 1.165) is 6.07 Å². The predicted octanol–water partition coefficient (Wildman–Crippen LogP) is 0.818. The van der Waals surface area contributed by atoms with E-state index in [0.29, 0.717) is 0 Å². The molecule has 0 radical (unpaired) electrons. The maximum absolute atomic E-state index is 12.0. The van der Waals surface area contributed by atoms with Crippen LogP contribution in [0.1, 0.15) is 24.2 Å². The van der Waals surface area contributed by atoms with Crippen LogP contribution in [0.15, 0.2) is 18.2 Å². The highest BCUT2D eigenvalue weighted by molar-refractivity contribution is 5.95. The number of urea groups is 1. The lowest BCUT2D eigenvalue weighted by atomic mass is 10.2. The molecule has 0 atom stereocenters. The molecule has 0 unspecified atom stereocenters. The molecule has 3 amide bonds. The Morgan fingerprint density at radius 2 is 1.95 bits per heavy atom. The van der Waals surface area contributed by atoms with E-state index in [1.165, 1.54) is 17.0 Å². The number of nitrogens with one attached hydrogen (secondary N) is 1. The minimum atomic E-state index is -1.28. The van der Waals surface area contributed by atoms with E-state index in [1.54, 1.807) is 13.8 Å². The van der Waals surface area contributed by atoms with Crippen molar-refractivity contribution in [1.82, 2.24) is 4.90 Å². The third-order valence-corrected chi connectivity index (χ3v) is 2.69. The highest BCUT2D eigenvalue weighted by Crippen LogP contribution is 2.22. The molecule has 8 heteroatoms. The van der Waals surface area contributed by atoms with E-state index in [1.807, 2.05) is 0 Å². The van der Waals surface area contributed by atoms with Crippen molar-refractivity contribution in [2.75, 3.05) is 11.9 Å². The highest BCUT2D eigenvalue weighted by Gasteiger charge is 2.19. The number of hydrogen-bond acceptors (Lipinski definition) is 4. The van der Waals surface area contributed by atoms with Crippen molar-refractivity contribution in [3.05, 3.63) is 23.8 Å². The van der Waals surface area contributed by atoms with Crippen LogP contribution in [-0.2, 0) is 4.79 Å². The number of anilines is 1. The van der Waals surface area contributed by atoms with Crippen LogP contribution in [0.4, 0.5) is 10.5 Å². The van der Waals surface area contributed by atoms with Gasteiger partial charge < -0.3 is 26.2 Å². The van der Waals surface area contributed by atoms with Crippen molar-refractivity contribution in [1.29, 1.82) is 0 Å². The van der Waals surface area contributed by atoms with Gasteiger partial charge >= 0.3 is 12.0 Å². The lowest BCUT2D eigenvalue weighted by Gasteiger charge is -2.25. The van der Waals surface area contributed by atoms with E-state index in [9.17, 15) is 19.5 Å². The van der Waals surface area contributed by atoms with Gasteiger partial charge in [-0.05, 0) is 26.0 Å². The Labute approximate surface area is 121 Å². The van der Waals surface area contributed by atoms with Gasteiger partial charge in [0.2, 0.25) is 5.91 Å². The number of phenols is 1. The summed E-state index contributed by atoms with van der Waals surface area (Å²) >= 11 is 0. The minimum Gasteiger partial charge on any atom is -0.507 e. The average molecular weight is 295 g/mol. The number of primary amides is 1. The fourth-order valence-corrected chi connectivity index (χ4v) is 1.64. The lowest BCUT2D eigenvalue weighted by Crippen LogP contribution is -2.44. The molecule has 0 aliphatic rings. The molecule has 0 spiro atoms. The molecule has 5 N–H and O–H groups in total. The Bertz CT molecular complexity index is 571. The van der Waals surface area contributed by atoms with Crippen LogP contribution in [0.2, 0.25) is 0 Å². The quantitative estimate of drug-likeness (QED) is 0.638. The van der Waals surface area contributed by atoms with Crippen molar-refractivity contribution in [3.63, 3.8) is 0 Å². The summed E-state index contributed by atoms with van der Waals surface area (Å²) < 4.78 is 0. The fourth-order valence-electron chi connectivity index (χ4n) is 1.64. The van der Waals surface area contributed by atoms with Gasteiger partial charge in [0.1, 0.15) is 17.9 Å². The maximum Gasteiger partial charge on any atom is 0.339 e. The number of benzene rings is 1. The minimum absolute atomic E-state index is 0.206. The Hall–Kier alpha value is -2.77. The van der Waals surface area contributed by atoms with Crippen LogP contribution >= 0.6 is 0 Å². The van der Waals surface area contributed by atoms with Gasteiger partial charge in [0.05, 0.1) is 0 Å².